The van der Waals surface area contributed by atoms with Gasteiger partial charge in [0.2, 0.25) is 15.9 Å². The van der Waals surface area contributed by atoms with E-state index in [1.165, 1.54) is 35.6 Å². The molecular formula is C17H23N3O6S. The Balaban J connectivity index is 1.91. The minimum Gasteiger partial charge on any atom is -0.452 e. The lowest BCUT2D eigenvalue weighted by molar-refractivity contribution is -0.127. The maximum Gasteiger partial charge on any atom is 0.338 e. The van der Waals surface area contributed by atoms with E-state index in [0.717, 1.165) is 19.3 Å². The van der Waals surface area contributed by atoms with Gasteiger partial charge in [-0.25, -0.2) is 13.2 Å². The van der Waals surface area contributed by atoms with Gasteiger partial charge in [0.05, 0.1) is 17.0 Å². The van der Waals surface area contributed by atoms with Gasteiger partial charge in [-0.15, -0.1) is 0 Å². The smallest absolute Gasteiger partial charge is 0.338 e. The molecule has 1 fully saturated rings. The Labute approximate surface area is 158 Å². The van der Waals surface area contributed by atoms with E-state index in [1.807, 2.05) is 0 Å². The Morgan fingerprint density at radius 1 is 1.04 bits per heavy atom. The number of nitrogens with one attached hydrogen (secondary N) is 2. The van der Waals surface area contributed by atoms with E-state index >= 15 is 0 Å². The number of benzene rings is 1. The van der Waals surface area contributed by atoms with Crippen molar-refractivity contribution in [3.63, 3.8) is 0 Å². The highest BCUT2D eigenvalue weighted by Gasteiger charge is 2.26. The lowest BCUT2D eigenvalue weighted by Gasteiger charge is -2.25. The number of amides is 2. The molecule has 0 atom stereocenters. The van der Waals surface area contributed by atoms with Crippen LogP contribution in [-0.4, -0.2) is 63.8 Å². The molecule has 1 saturated heterocycles. The molecule has 2 N–H and O–H groups in total. The summed E-state index contributed by atoms with van der Waals surface area (Å²) in [6.07, 6.45) is 2.70. The second-order valence-electron chi connectivity index (χ2n) is 6.02. The topological polar surface area (TPSA) is 122 Å². The molecule has 1 aliphatic heterocycles. The molecule has 2 amide bonds. The largest absolute Gasteiger partial charge is 0.452 e. The fraction of sp³-hybridized carbons (Fsp3) is 0.471. The summed E-state index contributed by atoms with van der Waals surface area (Å²) < 4.78 is 31.4. The van der Waals surface area contributed by atoms with Crippen LogP contribution in [0.5, 0.6) is 0 Å². The summed E-state index contributed by atoms with van der Waals surface area (Å²) in [5.41, 5.74) is 0.131. The Bertz CT molecular complexity index is 785. The average molecular weight is 397 g/mol. The predicted molar refractivity (Wildman–Crippen MR) is 96.4 cm³/mol. The predicted octanol–water partition coefficient (Wildman–Crippen LogP) is -0.120. The van der Waals surface area contributed by atoms with Crippen molar-refractivity contribution in [1.29, 1.82) is 0 Å². The number of esters is 1. The quantitative estimate of drug-likeness (QED) is 0.619. The molecule has 0 unspecified atom stereocenters. The van der Waals surface area contributed by atoms with Crippen molar-refractivity contribution < 1.29 is 27.5 Å². The number of carbonyl (C=O) groups excluding carboxylic acids is 3. The highest BCUT2D eigenvalue weighted by molar-refractivity contribution is 7.89. The number of sulfonamides is 1. The van der Waals surface area contributed by atoms with E-state index < -0.39 is 28.5 Å². The zero-order valence-electron chi connectivity index (χ0n) is 15.1. The Kier molecular flexibility index (Phi) is 7.31. The van der Waals surface area contributed by atoms with Crippen LogP contribution < -0.4 is 10.6 Å². The van der Waals surface area contributed by atoms with Crippen LogP contribution in [0.1, 0.15) is 29.6 Å². The molecule has 0 bridgehead atoms. The summed E-state index contributed by atoms with van der Waals surface area (Å²) in [4.78, 5) is 34.6. The van der Waals surface area contributed by atoms with Gasteiger partial charge in [0, 0.05) is 20.1 Å². The van der Waals surface area contributed by atoms with Gasteiger partial charge in [-0.3, -0.25) is 9.59 Å². The van der Waals surface area contributed by atoms with Crippen molar-refractivity contribution in [2.24, 2.45) is 0 Å². The van der Waals surface area contributed by atoms with Crippen molar-refractivity contribution in [2.75, 3.05) is 33.3 Å². The molecule has 2 rings (SSSR count). The van der Waals surface area contributed by atoms with Crippen molar-refractivity contribution in [1.82, 2.24) is 14.9 Å². The van der Waals surface area contributed by atoms with Crippen LogP contribution >= 0.6 is 0 Å². The number of hydrogen-bond acceptors (Lipinski definition) is 6. The van der Waals surface area contributed by atoms with Gasteiger partial charge in [0.25, 0.3) is 5.91 Å². The normalized spacial score (nSPS) is 15.0. The molecule has 0 radical (unpaired) electrons. The highest BCUT2D eigenvalue weighted by atomic mass is 32.2. The van der Waals surface area contributed by atoms with Crippen molar-refractivity contribution in [3.05, 3.63) is 29.8 Å². The molecule has 148 valence electrons. The number of carbonyl (C=O) groups is 3. The van der Waals surface area contributed by atoms with E-state index in [0.29, 0.717) is 13.1 Å². The van der Waals surface area contributed by atoms with Crippen LogP contribution in [0.3, 0.4) is 0 Å². The van der Waals surface area contributed by atoms with Crippen LogP contribution in [0.25, 0.3) is 0 Å². The van der Waals surface area contributed by atoms with Crippen molar-refractivity contribution in [3.8, 4) is 0 Å². The molecule has 0 aliphatic carbocycles. The molecule has 9 nitrogen and oxygen atoms in total. The first-order valence-electron chi connectivity index (χ1n) is 8.59. The maximum absolute atomic E-state index is 12.6. The van der Waals surface area contributed by atoms with E-state index in [4.69, 9.17) is 4.74 Å². The first kappa shape index (κ1) is 20.8. The molecule has 1 aliphatic rings. The van der Waals surface area contributed by atoms with Gasteiger partial charge < -0.3 is 15.4 Å². The molecule has 1 heterocycles. The second-order valence-corrected chi connectivity index (χ2v) is 7.95. The third-order valence-electron chi connectivity index (χ3n) is 4.10. The van der Waals surface area contributed by atoms with Gasteiger partial charge >= 0.3 is 5.97 Å². The summed E-state index contributed by atoms with van der Waals surface area (Å²) in [6, 6.07) is 5.40. The summed E-state index contributed by atoms with van der Waals surface area (Å²) in [6.45, 7) is 0.244. The maximum atomic E-state index is 12.6. The Morgan fingerprint density at radius 3 is 2.26 bits per heavy atom. The summed E-state index contributed by atoms with van der Waals surface area (Å²) in [7, 11) is -2.13. The first-order valence-corrected chi connectivity index (χ1v) is 10.0. The van der Waals surface area contributed by atoms with Gasteiger partial charge in [0.1, 0.15) is 0 Å². The zero-order chi connectivity index (χ0) is 19.9. The van der Waals surface area contributed by atoms with E-state index in [9.17, 15) is 22.8 Å². The Morgan fingerprint density at radius 2 is 1.67 bits per heavy atom. The minimum absolute atomic E-state index is 0.115. The second kappa shape index (κ2) is 9.47. The van der Waals surface area contributed by atoms with Crippen LogP contribution in [0.15, 0.2) is 29.2 Å². The molecular weight excluding hydrogens is 374 g/mol. The van der Waals surface area contributed by atoms with Crippen LogP contribution in [0.2, 0.25) is 0 Å². The molecule has 0 aromatic heterocycles. The summed E-state index contributed by atoms with van der Waals surface area (Å²) in [5.74, 6) is -1.75. The lowest BCUT2D eigenvalue weighted by Crippen LogP contribution is -2.37. The van der Waals surface area contributed by atoms with Gasteiger partial charge in [-0.1, -0.05) is 6.42 Å². The Hall–Kier alpha value is -2.46. The minimum atomic E-state index is -3.57. The number of likely N-dealkylation sites (N-methyl/N-ethyl adjacent to an activating group) is 1. The number of piperidine rings is 1. The fourth-order valence-electron chi connectivity index (χ4n) is 2.55. The number of nitrogens with zero attached hydrogens (tertiary/aromatic N) is 1. The van der Waals surface area contributed by atoms with Crippen molar-refractivity contribution >= 4 is 27.8 Å². The standard InChI is InChI=1S/C17H23N3O6S/c1-18-15(21)11-19-16(22)12-26-17(23)13-5-7-14(8-6-13)27(24,25)20-9-3-2-4-10-20/h5-8H,2-4,9-12H2,1H3,(H,18,21)(H,19,22). The number of rotatable bonds is 7. The SMILES string of the molecule is CNC(=O)CNC(=O)COC(=O)c1ccc(S(=O)(=O)N2CCCCC2)cc1. The van der Waals surface area contributed by atoms with Crippen LogP contribution in [0.4, 0.5) is 0 Å². The van der Waals surface area contributed by atoms with Gasteiger partial charge in [0.15, 0.2) is 6.61 Å². The highest BCUT2D eigenvalue weighted by Crippen LogP contribution is 2.21. The third-order valence-corrected chi connectivity index (χ3v) is 6.02. The van der Waals surface area contributed by atoms with Crippen molar-refractivity contribution in [2.45, 2.75) is 24.2 Å². The van der Waals surface area contributed by atoms with E-state index in [1.54, 1.807) is 0 Å². The van der Waals surface area contributed by atoms with Gasteiger partial charge in [-0.2, -0.15) is 4.31 Å². The summed E-state index contributed by atoms with van der Waals surface area (Å²) in [5, 5.41) is 4.63. The zero-order valence-corrected chi connectivity index (χ0v) is 15.9. The van der Waals surface area contributed by atoms with E-state index in [-0.39, 0.29) is 22.9 Å². The van der Waals surface area contributed by atoms with Gasteiger partial charge in [-0.05, 0) is 37.1 Å². The number of ether oxygens (including phenoxy) is 1. The monoisotopic (exact) mass is 397 g/mol. The molecule has 27 heavy (non-hydrogen) atoms. The molecule has 10 heteroatoms. The van der Waals surface area contributed by atoms with Crippen LogP contribution in [0, 0.1) is 0 Å². The van der Waals surface area contributed by atoms with E-state index in [2.05, 4.69) is 10.6 Å². The fourth-order valence-corrected chi connectivity index (χ4v) is 4.07. The summed E-state index contributed by atoms with van der Waals surface area (Å²) >= 11 is 0. The lowest BCUT2D eigenvalue weighted by atomic mass is 10.2. The molecule has 1 aromatic carbocycles. The molecule has 0 saturated carbocycles. The molecule has 0 spiro atoms. The van der Waals surface area contributed by atoms with Crippen LogP contribution in [-0.2, 0) is 24.3 Å². The average Bonchev–Trinajstić information content (AvgIpc) is 2.70. The third kappa shape index (κ3) is 5.76. The molecule has 1 aromatic rings. The number of hydrogen-bond donors (Lipinski definition) is 2. The first-order chi connectivity index (χ1) is 12.8.